The number of nitrogens with two attached hydrogens (primary N) is 1. The van der Waals surface area contributed by atoms with Crippen molar-refractivity contribution in [2.75, 3.05) is 18.1 Å². The largest absolute Gasteiger partial charge is 0.384 e. The highest BCUT2D eigenvalue weighted by Gasteiger charge is 2.27. The Kier molecular flexibility index (Phi) is 5.31. The molecule has 5 heteroatoms. The van der Waals surface area contributed by atoms with Crippen molar-refractivity contribution < 1.29 is 13.5 Å². The molecule has 18 heavy (non-hydrogen) atoms. The molecule has 0 radical (unpaired) electrons. The van der Waals surface area contributed by atoms with E-state index in [0.29, 0.717) is 12.8 Å². The van der Waals surface area contributed by atoms with Crippen LogP contribution in [-0.4, -0.2) is 31.6 Å². The summed E-state index contributed by atoms with van der Waals surface area (Å²) < 4.78 is 22.8. The van der Waals surface area contributed by atoms with Crippen LogP contribution >= 0.6 is 0 Å². The molecule has 1 atom stereocenters. The van der Waals surface area contributed by atoms with E-state index < -0.39 is 15.4 Å². The molecule has 3 N–H and O–H groups in total. The monoisotopic (exact) mass is 271 g/mol. The number of sulfone groups is 1. The quantitative estimate of drug-likeness (QED) is 0.776. The molecule has 1 unspecified atom stereocenters. The van der Waals surface area contributed by atoms with Gasteiger partial charge in [0.1, 0.15) is 15.4 Å². The first-order valence-electron chi connectivity index (χ1n) is 6.12. The average Bonchev–Trinajstić information content (AvgIpc) is 2.39. The first kappa shape index (κ1) is 15.1. The molecule has 1 rings (SSSR count). The molecule has 0 fully saturated rings. The summed E-state index contributed by atoms with van der Waals surface area (Å²) in [6, 6.07) is 9.14. The second-order valence-corrected chi connectivity index (χ2v) is 6.91. The van der Waals surface area contributed by atoms with Crippen LogP contribution in [0.5, 0.6) is 0 Å². The van der Waals surface area contributed by atoms with Crippen molar-refractivity contribution in [3.8, 4) is 0 Å². The number of rotatable bonds is 7. The van der Waals surface area contributed by atoms with Crippen LogP contribution < -0.4 is 5.73 Å². The maximum absolute atomic E-state index is 11.4. The predicted molar refractivity (Wildman–Crippen MR) is 73.0 cm³/mol. The van der Waals surface area contributed by atoms with E-state index >= 15 is 0 Å². The van der Waals surface area contributed by atoms with E-state index in [4.69, 9.17) is 5.73 Å². The van der Waals surface area contributed by atoms with E-state index in [-0.39, 0.29) is 18.1 Å². The number of benzene rings is 1. The molecular formula is C13H21NO3S. The minimum absolute atomic E-state index is 0.0865. The average molecular weight is 271 g/mol. The Morgan fingerprint density at radius 1 is 1.28 bits per heavy atom. The Morgan fingerprint density at radius 3 is 2.39 bits per heavy atom. The maximum Gasteiger partial charge on any atom is 0.150 e. The second-order valence-electron chi connectivity index (χ2n) is 4.44. The Hall–Kier alpha value is -0.910. The van der Waals surface area contributed by atoms with Crippen LogP contribution in [0, 0.1) is 0 Å². The molecule has 0 saturated carbocycles. The Bertz CT molecular complexity index is 458. The summed E-state index contributed by atoms with van der Waals surface area (Å²) in [5, 5.41) is 10.4. The van der Waals surface area contributed by atoms with Crippen LogP contribution in [0.3, 0.4) is 0 Å². The summed E-state index contributed by atoms with van der Waals surface area (Å²) >= 11 is 0. The minimum atomic E-state index is -2.98. The molecule has 0 saturated heterocycles. The van der Waals surface area contributed by atoms with Gasteiger partial charge in [-0.05, 0) is 18.4 Å². The molecular weight excluding hydrogens is 250 g/mol. The molecule has 0 amide bonds. The van der Waals surface area contributed by atoms with Crippen LogP contribution in [0.1, 0.15) is 25.3 Å². The van der Waals surface area contributed by atoms with Gasteiger partial charge in [0.25, 0.3) is 0 Å². The third-order valence-electron chi connectivity index (χ3n) is 3.13. The van der Waals surface area contributed by atoms with Gasteiger partial charge in [0, 0.05) is 12.3 Å². The van der Waals surface area contributed by atoms with Crippen molar-refractivity contribution in [2.45, 2.75) is 25.4 Å². The fraction of sp³-hybridized carbons (Fsp3) is 0.538. The summed E-state index contributed by atoms with van der Waals surface area (Å²) in [5.41, 5.74) is 5.22. The molecule has 0 bridgehead atoms. The topological polar surface area (TPSA) is 80.4 Å². The van der Waals surface area contributed by atoms with Gasteiger partial charge in [0.05, 0.1) is 5.75 Å². The zero-order valence-electron chi connectivity index (χ0n) is 10.7. The Balaban J connectivity index is 2.68. The fourth-order valence-electron chi connectivity index (χ4n) is 1.84. The van der Waals surface area contributed by atoms with Crippen LogP contribution in [0.15, 0.2) is 30.3 Å². The Morgan fingerprint density at radius 2 is 1.89 bits per heavy atom. The Labute approximate surface area is 109 Å². The SMILES string of the molecule is CCS(=O)(=O)CCCC(O)(CN)c1ccccc1. The van der Waals surface area contributed by atoms with Crippen LogP contribution in [0.4, 0.5) is 0 Å². The first-order valence-corrected chi connectivity index (χ1v) is 7.94. The molecule has 4 nitrogen and oxygen atoms in total. The van der Waals surface area contributed by atoms with Gasteiger partial charge in [-0.3, -0.25) is 0 Å². The van der Waals surface area contributed by atoms with Gasteiger partial charge in [-0.2, -0.15) is 0 Å². The molecule has 0 heterocycles. The van der Waals surface area contributed by atoms with Crippen molar-refractivity contribution in [3.63, 3.8) is 0 Å². The lowest BCUT2D eigenvalue weighted by atomic mass is 9.89. The van der Waals surface area contributed by atoms with E-state index in [1.54, 1.807) is 19.1 Å². The molecule has 0 aromatic heterocycles. The van der Waals surface area contributed by atoms with E-state index in [1.165, 1.54) is 0 Å². The summed E-state index contributed by atoms with van der Waals surface area (Å²) in [6.45, 7) is 1.71. The highest BCUT2D eigenvalue weighted by molar-refractivity contribution is 7.91. The van der Waals surface area contributed by atoms with Crippen LogP contribution in [-0.2, 0) is 15.4 Å². The lowest BCUT2D eigenvalue weighted by Crippen LogP contribution is -2.35. The fourth-order valence-corrected chi connectivity index (χ4v) is 2.71. The second kappa shape index (κ2) is 6.31. The van der Waals surface area contributed by atoms with E-state index in [0.717, 1.165) is 5.56 Å². The third kappa shape index (κ3) is 4.08. The highest BCUT2D eigenvalue weighted by atomic mass is 32.2. The molecule has 0 spiro atoms. The van der Waals surface area contributed by atoms with Gasteiger partial charge >= 0.3 is 0 Å². The number of hydrogen-bond donors (Lipinski definition) is 2. The van der Waals surface area contributed by atoms with Crippen LogP contribution in [0.25, 0.3) is 0 Å². The number of hydrogen-bond acceptors (Lipinski definition) is 4. The van der Waals surface area contributed by atoms with Crippen molar-refractivity contribution in [1.29, 1.82) is 0 Å². The molecule has 1 aromatic rings. The summed E-state index contributed by atoms with van der Waals surface area (Å²) in [6.07, 6.45) is 0.769. The van der Waals surface area contributed by atoms with Crippen molar-refractivity contribution in [1.82, 2.24) is 0 Å². The van der Waals surface area contributed by atoms with Gasteiger partial charge < -0.3 is 10.8 Å². The predicted octanol–water partition coefficient (Wildman–Crippen LogP) is 1.05. The number of aliphatic hydroxyl groups is 1. The molecule has 0 aliphatic carbocycles. The minimum Gasteiger partial charge on any atom is -0.384 e. The maximum atomic E-state index is 11.4. The smallest absolute Gasteiger partial charge is 0.150 e. The first-order chi connectivity index (χ1) is 8.43. The van der Waals surface area contributed by atoms with Crippen molar-refractivity contribution in [2.24, 2.45) is 5.73 Å². The van der Waals surface area contributed by atoms with Gasteiger partial charge in [0.2, 0.25) is 0 Å². The highest BCUT2D eigenvalue weighted by Crippen LogP contribution is 2.25. The summed E-state index contributed by atoms with van der Waals surface area (Å²) in [5.74, 6) is 0.234. The molecule has 102 valence electrons. The summed E-state index contributed by atoms with van der Waals surface area (Å²) in [7, 11) is -2.98. The molecule has 0 aliphatic heterocycles. The van der Waals surface area contributed by atoms with E-state index in [9.17, 15) is 13.5 Å². The van der Waals surface area contributed by atoms with E-state index in [1.807, 2.05) is 18.2 Å². The van der Waals surface area contributed by atoms with Crippen molar-refractivity contribution >= 4 is 9.84 Å². The normalized spacial score (nSPS) is 15.3. The van der Waals surface area contributed by atoms with Gasteiger partial charge in [-0.1, -0.05) is 37.3 Å². The van der Waals surface area contributed by atoms with Gasteiger partial charge in [0.15, 0.2) is 0 Å². The zero-order chi connectivity index (χ0) is 13.6. The molecule has 0 aliphatic rings. The van der Waals surface area contributed by atoms with Crippen LogP contribution in [0.2, 0.25) is 0 Å². The van der Waals surface area contributed by atoms with Gasteiger partial charge in [-0.25, -0.2) is 8.42 Å². The van der Waals surface area contributed by atoms with Gasteiger partial charge in [-0.15, -0.1) is 0 Å². The standard InChI is InChI=1S/C13H21NO3S/c1-2-18(16,17)10-6-9-13(15,11-14)12-7-4-3-5-8-12/h3-5,7-8,15H,2,6,9-11,14H2,1H3. The lowest BCUT2D eigenvalue weighted by molar-refractivity contribution is 0.0361. The zero-order valence-corrected chi connectivity index (χ0v) is 11.5. The third-order valence-corrected chi connectivity index (χ3v) is 4.92. The summed E-state index contributed by atoms with van der Waals surface area (Å²) in [4.78, 5) is 0. The lowest BCUT2D eigenvalue weighted by Gasteiger charge is -2.27. The molecule has 1 aromatic carbocycles. The van der Waals surface area contributed by atoms with Crippen molar-refractivity contribution in [3.05, 3.63) is 35.9 Å². The van der Waals surface area contributed by atoms with E-state index in [2.05, 4.69) is 0 Å².